The lowest BCUT2D eigenvalue weighted by molar-refractivity contribution is -0.137. The molecule has 0 fully saturated rings. The highest BCUT2D eigenvalue weighted by atomic mass is 32.2. The minimum Gasteiger partial charge on any atom is -0.496 e. The zero-order chi connectivity index (χ0) is 24.8. The van der Waals surface area contributed by atoms with Crippen LogP contribution in [0.15, 0.2) is 76.8 Å². The average molecular weight is 511 g/mol. The van der Waals surface area contributed by atoms with Crippen molar-refractivity contribution >= 4 is 33.2 Å². The van der Waals surface area contributed by atoms with Gasteiger partial charge in [-0.15, -0.1) is 11.8 Å². The summed E-state index contributed by atoms with van der Waals surface area (Å²) in [5.41, 5.74) is 0.0858. The monoisotopic (exact) mass is 510 g/mol. The van der Waals surface area contributed by atoms with Crippen LogP contribution in [0.25, 0.3) is 0 Å². The van der Waals surface area contributed by atoms with Crippen molar-refractivity contribution in [2.75, 3.05) is 23.9 Å². The molecule has 34 heavy (non-hydrogen) atoms. The molecule has 1 aromatic heterocycles. The molecule has 6 nitrogen and oxygen atoms in total. The van der Waals surface area contributed by atoms with Crippen molar-refractivity contribution in [2.24, 2.45) is 0 Å². The van der Waals surface area contributed by atoms with Gasteiger partial charge in [0.05, 0.1) is 35.4 Å². The molecule has 0 unspecified atom stereocenters. The summed E-state index contributed by atoms with van der Waals surface area (Å²) in [6.07, 6.45) is -3.07. The molecule has 0 saturated carbocycles. The van der Waals surface area contributed by atoms with Gasteiger partial charge in [-0.3, -0.25) is 4.79 Å². The molecule has 3 aromatic rings. The van der Waals surface area contributed by atoms with Crippen LogP contribution in [-0.4, -0.2) is 37.9 Å². The Bertz CT molecular complexity index is 1260. The van der Waals surface area contributed by atoms with E-state index in [4.69, 9.17) is 4.74 Å². The summed E-state index contributed by atoms with van der Waals surface area (Å²) in [5, 5.41) is 3.16. The molecule has 1 heterocycles. The third-order valence-corrected chi connectivity index (χ3v) is 7.68. The Morgan fingerprint density at radius 3 is 2.59 bits per heavy atom. The van der Waals surface area contributed by atoms with Gasteiger partial charge in [-0.25, -0.2) is 13.4 Å². The Morgan fingerprint density at radius 1 is 1.09 bits per heavy atom. The number of pyridine rings is 1. The zero-order valence-corrected chi connectivity index (χ0v) is 19.6. The molecule has 1 N–H and O–H groups in total. The first-order chi connectivity index (χ1) is 16.1. The van der Waals surface area contributed by atoms with Crippen LogP contribution >= 0.6 is 11.8 Å². The van der Waals surface area contributed by atoms with Crippen molar-refractivity contribution in [2.45, 2.75) is 22.5 Å². The molecular weight excluding hydrogens is 489 g/mol. The number of benzene rings is 2. The number of nitrogens with one attached hydrogen (secondary N) is 1. The molecule has 0 aliphatic carbocycles. The smallest absolute Gasteiger partial charge is 0.416 e. The van der Waals surface area contributed by atoms with Crippen LogP contribution < -0.4 is 10.1 Å². The largest absolute Gasteiger partial charge is 0.496 e. The predicted molar refractivity (Wildman–Crippen MR) is 124 cm³/mol. The van der Waals surface area contributed by atoms with Crippen LogP contribution in [0, 0.1) is 0 Å². The minimum absolute atomic E-state index is 0.0327. The number of sulfone groups is 1. The van der Waals surface area contributed by atoms with E-state index >= 15 is 0 Å². The summed E-state index contributed by atoms with van der Waals surface area (Å²) in [5.74, 6) is -0.0936. The fourth-order valence-electron chi connectivity index (χ4n) is 3.05. The number of carbonyl (C=O) groups is 1. The quantitative estimate of drug-likeness (QED) is 0.414. The Morgan fingerprint density at radius 2 is 1.85 bits per heavy atom. The molecule has 0 radical (unpaired) electrons. The highest BCUT2D eigenvalue weighted by Crippen LogP contribution is 2.31. The molecule has 3 rings (SSSR count). The second-order valence-corrected chi connectivity index (χ2v) is 10.3. The van der Waals surface area contributed by atoms with Gasteiger partial charge in [0.1, 0.15) is 10.8 Å². The summed E-state index contributed by atoms with van der Waals surface area (Å²) in [6, 6.07) is 14.0. The number of hydrogen-bond donors (Lipinski definition) is 1. The minimum atomic E-state index is -4.63. The van der Waals surface area contributed by atoms with Crippen LogP contribution in [0.2, 0.25) is 0 Å². The number of methoxy groups -OCH3 is 1. The van der Waals surface area contributed by atoms with E-state index in [9.17, 15) is 26.4 Å². The molecular formula is C23H21F3N2O4S2. The molecule has 0 bridgehead atoms. The second-order valence-electron chi connectivity index (χ2n) is 7.09. The van der Waals surface area contributed by atoms with Crippen molar-refractivity contribution in [3.63, 3.8) is 0 Å². The molecule has 0 saturated heterocycles. The van der Waals surface area contributed by atoms with Crippen molar-refractivity contribution in [1.82, 2.24) is 4.98 Å². The lowest BCUT2D eigenvalue weighted by atomic mass is 10.1. The van der Waals surface area contributed by atoms with E-state index in [2.05, 4.69) is 10.3 Å². The highest BCUT2D eigenvalue weighted by Gasteiger charge is 2.31. The van der Waals surface area contributed by atoms with Crippen LogP contribution in [0.4, 0.5) is 18.9 Å². The van der Waals surface area contributed by atoms with Gasteiger partial charge < -0.3 is 10.1 Å². The third kappa shape index (κ3) is 6.73. The molecule has 0 aliphatic rings. The summed E-state index contributed by atoms with van der Waals surface area (Å²) in [6.45, 7) is 0. The number of alkyl halides is 3. The first-order valence-corrected chi connectivity index (χ1v) is 12.6. The standard InChI is InChI=1S/C23H21F3N2O4S2/c1-32-20-10-3-2-6-16(20)14-21(29)28-19-9-5-11-27-22(19)33-12-13-34(30,31)18-8-4-7-17(15-18)23(24,25)26/h2-11,15H,12-14H2,1H3,(H,28,29). The molecule has 11 heteroatoms. The number of carbonyl (C=O) groups excluding carboxylic acids is 1. The molecule has 0 atom stereocenters. The maximum Gasteiger partial charge on any atom is 0.416 e. The summed E-state index contributed by atoms with van der Waals surface area (Å²) in [7, 11) is -2.43. The van der Waals surface area contributed by atoms with Gasteiger partial charge in [-0.1, -0.05) is 24.3 Å². The maximum atomic E-state index is 12.9. The number of ether oxygens (including phenoxy) is 1. The number of thioether (sulfide) groups is 1. The van der Waals surface area contributed by atoms with E-state index in [1.807, 2.05) is 0 Å². The Labute approximate surface area is 199 Å². The molecule has 1 amide bonds. The SMILES string of the molecule is COc1ccccc1CC(=O)Nc1cccnc1SCCS(=O)(=O)c1cccc(C(F)(F)F)c1. The normalized spacial score (nSPS) is 11.8. The van der Waals surface area contributed by atoms with Crippen molar-refractivity contribution < 1.29 is 31.1 Å². The molecule has 180 valence electrons. The van der Waals surface area contributed by atoms with Crippen LogP contribution in [0.3, 0.4) is 0 Å². The van der Waals surface area contributed by atoms with E-state index in [0.717, 1.165) is 30.0 Å². The van der Waals surface area contributed by atoms with E-state index in [0.29, 0.717) is 28.1 Å². The van der Waals surface area contributed by atoms with Crippen molar-refractivity contribution in [3.8, 4) is 5.75 Å². The van der Waals surface area contributed by atoms with Gasteiger partial charge in [0.25, 0.3) is 0 Å². The first kappa shape index (κ1) is 25.6. The number of aromatic nitrogens is 1. The van der Waals surface area contributed by atoms with E-state index in [-0.39, 0.29) is 18.1 Å². The maximum absolute atomic E-state index is 12.9. The van der Waals surface area contributed by atoms with Gasteiger partial charge in [-0.2, -0.15) is 13.2 Å². The van der Waals surface area contributed by atoms with Crippen LogP contribution in [-0.2, 0) is 27.2 Å². The number of halogens is 3. The van der Waals surface area contributed by atoms with Crippen molar-refractivity contribution in [1.29, 1.82) is 0 Å². The fraction of sp³-hybridized carbons (Fsp3) is 0.217. The fourth-order valence-corrected chi connectivity index (χ4v) is 5.69. The number of amides is 1. The molecule has 2 aromatic carbocycles. The Kier molecular flexibility index (Phi) is 8.21. The number of rotatable bonds is 9. The van der Waals surface area contributed by atoms with Gasteiger partial charge in [-0.05, 0) is 36.4 Å². The summed E-state index contributed by atoms with van der Waals surface area (Å²) < 4.78 is 69.1. The van der Waals surface area contributed by atoms with Gasteiger partial charge in [0.2, 0.25) is 5.91 Å². The molecule has 0 spiro atoms. The number of hydrogen-bond acceptors (Lipinski definition) is 6. The van der Waals surface area contributed by atoms with Gasteiger partial charge in [0.15, 0.2) is 9.84 Å². The Balaban J connectivity index is 1.65. The van der Waals surface area contributed by atoms with Crippen LogP contribution in [0.5, 0.6) is 5.75 Å². The van der Waals surface area contributed by atoms with Crippen molar-refractivity contribution in [3.05, 3.63) is 78.0 Å². The lowest BCUT2D eigenvalue weighted by Gasteiger charge is -2.12. The topological polar surface area (TPSA) is 85.4 Å². The number of nitrogens with zero attached hydrogens (tertiary/aromatic N) is 1. The summed E-state index contributed by atoms with van der Waals surface area (Å²) >= 11 is 1.08. The van der Waals surface area contributed by atoms with E-state index in [1.165, 1.54) is 13.3 Å². The average Bonchev–Trinajstić information content (AvgIpc) is 2.80. The van der Waals surface area contributed by atoms with Gasteiger partial charge in [0, 0.05) is 17.5 Å². The summed E-state index contributed by atoms with van der Waals surface area (Å²) in [4.78, 5) is 16.3. The first-order valence-electron chi connectivity index (χ1n) is 10.00. The Hall–Kier alpha value is -3.05. The van der Waals surface area contributed by atoms with Gasteiger partial charge >= 0.3 is 6.18 Å². The number of para-hydroxylation sites is 1. The van der Waals surface area contributed by atoms with E-state index < -0.39 is 32.2 Å². The van der Waals surface area contributed by atoms with Crippen LogP contribution in [0.1, 0.15) is 11.1 Å². The second kappa shape index (κ2) is 10.9. The zero-order valence-electron chi connectivity index (χ0n) is 18.0. The number of anilines is 1. The third-order valence-electron chi connectivity index (χ3n) is 4.70. The highest BCUT2D eigenvalue weighted by molar-refractivity contribution is 8.00. The predicted octanol–water partition coefficient (Wildman–Crippen LogP) is 4.86. The van der Waals surface area contributed by atoms with E-state index in [1.54, 1.807) is 36.4 Å². The molecule has 0 aliphatic heterocycles. The lowest BCUT2D eigenvalue weighted by Crippen LogP contribution is -2.16.